The van der Waals surface area contributed by atoms with Crippen molar-refractivity contribution in [3.05, 3.63) is 58.9 Å². The maximum absolute atomic E-state index is 13.2. The lowest BCUT2D eigenvalue weighted by Crippen LogP contribution is -2.26. The van der Waals surface area contributed by atoms with E-state index in [4.69, 9.17) is 9.47 Å². The second-order valence-electron chi connectivity index (χ2n) is 5.30. The quantitative estimate of drug-likeness (QED) is 0.848. The number of ether oxygens (including phenoxy) is 2. The molecule has 1 amide bonds. The van der Waals surface area contributed by atoms with Crippen LogP contribution in [0.2, 0.25) is 0 Å². The Bertz CT molecular complexity index is 690. The predicted molar refractivity (Wildman–Crippen MR) is 86.5 cm³/mol. The van der Waals surface area contributed by atoms with E-state index in [1.807, 2.05) is 6.92 Å². The van der Waals surface area contributed by atoms with E-state index in [1.165, 1.54) is 17.0 Å². The monoisotopic (exact) mass is 317 g/mol. The van der Waals surface area contributed by atoms with Crippen molar-refractivity contribution in [2.24, 2.45) is 0 Å². The summed E-state index contributed by atoms with van der Waals surface area (Å²) in [6.07, 6.45) is 0. The average molecular weight is 317 g/mol. The van der Waals surface area contributed by atoms with Crippen LogP contribution in [0.4, 0.5) is 4.39 Å². The minimum Gasteiger partial charge on any atom is -0.496 e. The van der Waals surface area contributed by atoms with Crippen molar-refractivity contribution in [2.45, 2.75) is 13.5 Å². The highest BCUT2D eigenvalue weighted by molar-refractivity contribution is 5.95. The molecular weight excluding hydrogens is 297 g/mol. The highest BCUT2D eigenvalue weighted by atomic mass is 19.1. The summed E-state index contributed by atoms with van der Waals surface area (Å²) in [6.45, 7) is 2.18. The van der Waals surface area contributed by atoms with Gasteiger partial charge in [-0.1, -0.05) is 12.1 Å². The normalized spacial score (nSPS) is 10.3. The van der Waals surface area contributed by atoms with Crippen LogP contribution in [0.25, 0.3) is 0 Å². The van der Waals surface area contributed by atoms with Crippen molar-refractivity contribution in [3.8, 4) is 11.5 Å². The van der Waals surface area contributed by atoms with E-state index in [0.717, 1.165) is 11.1 Å². The highest BCUT2D eigenvalue weighted by Crippen LogP contribution is 2.30. The van der Waals surface area contributed by atoms with E-state index >= 15 is 0 Å². The second kappa shape index (κ2) is 7.13. The third-order valence-electron chi connectivity index (χ3n) is 3.65. The van der Waals surface area contributed by atoms with E-state index < -0.39 is 0 Å². The van der Waals surface area contributed by atoms with Crippen LogP contribution in [0.15, 0.2) is 36.4 Å². The van der Waals surface area contributed by atoms with Crippen LogP contribution in [-0.2, 0) is 6.54 Å². The van der Waals surface area contributed by atoms with Crippen LogP contribution in [0.1, 0.15) is 21.5 Å². The molecule has 0 aliphatic rings. The fourth-order valence-electron chi connectivity index (χ4n) is 2.41. The Morgan fingerprint density at radius 3 is 2.26 bits per heavy atom. The van der Waals surface area contributed by atoms with Crippen LogP contribution in [0.3, 0.4) is 0 Å². The zero-order valence-corrected chi connectivity index (χ0v) is 13.7. The van der Waals surface area contributed by atoms with Gasteiger partial charge in [-0.3, -0.25) is 4.79 Å². The van der Waals surface area contributed by atoms with Crippen molar-refractivity contribution in [1.29, 1.82) is 0 Å². The van der Waals surface area contributed by atoms with E-state index in [1.54, 1.807) is 45.5 Å². The van der Waals surface area contributed by atoms with Crippen LogP contribution in [0.5, 0.6) is 11.5 Å². The number of halogens is 1. The van der Waals surface area contributed by atoms with Gasteiger partial charge in [-0.25, -0.2) is 4.39 Å². The fraction of sp³-hybridized carbons (Fsp3) is 0.278. The third kappa shape index (κ3) is 3.80. The number of rotatable bonds is 5. The largest absolute Gasteiger partial charge is 0.496 e. The number of carbonyl (C=O) groups is 1. The Labute approximate surface area is 135 Å². The Balaban J connectivity index is 2.25. The van der Waals surface area contributed by atoms with Gasteiger partial charge in [0.05, 0.1) is 14.2 Å². The van der Waals surface area contributed by atoms with E-state index in [9.17, 15) is 9.18 Å². The Morgan fingerprint density at radius 1 is 1.13 bits per heavy atom. The van der Waals surface area contributed by atoms with Crippen molar-refractivity contribution in [3.63, 3.8) is 0 Å². The summed E-state index contributed by atoms with van der Waals surface area (Å²) in [4.78, 5) is 14.1. The molecule has 0 aliphatic heterocycles. The van der Waals surface area contributed by atoms with Gasteiger partial charge in [0.2, 0.25) is 0 Å². The molecule has 2 aromatic carbocycles. The molecule has 122 valence electrons. The van der Waals surface area contributed by atoms with Gasteiger partial charge >= 0.3 is 0 Å². The molecule has 0 spiro atoms. The first-order chi connectivity index (χ1) is 11.0. The van der Waals surface area contributed by atoms with Crippen LogP contribution in [-0.4, -0.2) is 32.1 Å². The summed E-state index contributed by atoms with van der Waals surface area (Å²) in [5.41, 5.74) is 2.02. The molecule has 0 bridgehead atoms. The molecule has 0 heterocycles. The summed E-state index contributed by atoms with van der Waals surface area (Å²) in [5.74, 6) is 0.673. The molecule has 23 heavy (non-hydrogen) atoms. The zero-order chi connectivity index (χ0) is 17.0. The number of benzene rings is 2. The minimum atomic E-state index is -0.318. The molecule has 0 aliphatic carbocycles. The standard InChI is InChI=1S/C18H20FNO3/c1-12-16(22-3)9-14(10-17(12)23-4)18(21)20(2)11-13-6-5-7-15(19)8-13/h5-10H,11H2,1-4H3. The smallest absolute Gasteiger partial charge is 0.254 e. The number of hydrogen-bond donors (Lipinski definition) is 0. The van der Waals surface area contributed by atoms with Gasteiger partial charge in [0.25, 0.3) is 5.91 Å². The number of methoxy groups -OCH3 is 2. The molecule has 5 heteroatoms. The number of carbonyl (C=O) groups excluding carboxylic acids is 1. The molecule has 0 fully saturated rings. The highest BCUT2D eigenvalue weighted by Gasteiger charge is 2.17. The van der Waals surface area contributed by atoms with Crippen molar-refractivity contribution < 1.29 is 18.7 Å². The van der Waals surface area contributed by atoms with Gasteiger partial charge in [0.1, 0.15) is 17.3 Å². The topological polar surface area (TPSA) is 38.8 Å². The lowest BCUT2D eigenvalue weighted by Gasteiger charge is -2.19. The number of hydrogen-bond acceptors (Lipinski definition) is 3. The first-order valence-corrected chi connectivity index (χ1v) is 7.18. The lowest BCUT2D eigenvalue weighted by atomic mass is 10.1. The molecule has 0 unspecified atom stereocenters. The van der Waals surface area contributed by atoms with Crippen molar-refractivity contribution >= 4 is 5.91 Å². The van der Waals surface area contributed by atoms with E-state index in [-0.39, 0.29) is 11.7 Å². The van der Waals surface area contributed by atoms with Gasteiger partial charge in [-0.05, 0) is 36.8 Å². The third-order valence-corrected chi connectivity index (χ3v) is 3.65. The maximum Gasteiger partial charge on any atom is 0.254 e. The molecular formula is C18H20FNO3. The number of nitrogens with zero attached hydrogens (tertiary/aromatic N) is 1. The van der Waals surface area contributed by atoms with Gasteiger partial charge in [0.15, 0.2) is 0 Å². The summed E-state index contributed by atoms with van der Waals surface area (Å²) < 4.78 is 23.8. The molecule has 0 N–H and O–H groups in total. The molecule has 0 saturated heterocycles. The van der Waals surface area contributed by atoms with Gasteiger partial charge < -0.3 is 14.4 Å². The first-order valence-electron chi connectivity index (χ1n) is 7.18. The Kier molecular flexibility index (Phi) is 5.21. The van der Waals surface area contributed by atoms with E-state index in [2.05, 4.69) is 0 Å². The molecule has 4 nitrogen and oxygen atoms in total. The van der Waals surface area contributed by atoms with Gasteiger partial charge in [0, 0.05) is 24.7 Å². The van der Waals surface area contributed by atoms with E-state index in [0.29, 0.717) is 23.6 Å². The molecule has 0 saturated carbocycles. The van der Waals surface area contributed by atoms with Crippen LogP contribution >= 0.6 is 0 Å². The summed E-state index contributed by atoms with van der Waals surface area (Å²) >= 11 is 0. The molecule has 0 aromatic heterocycles. The van der Waals surface area contributed by atoms with Crippen LogP contribution in [0, 0.1) is 12.7 Å². The summed E-state index contributed by atoms with van der Waals surface area (Å²) in [5, 5.41) is 0. The van der Waals surface area contributed by atoms with Crippen molar-refractivity contribution in [1.82, 2.24) is 4.90 Å². The Morgan fingerprint density at radius 2 is 1.74 bits per heavy atom. The number of amides is 1. The zero-order valence-electron chi connectivity index (χ0n) is 13.7. The van der Waals surface area contributed by atoms with Gasteiger partial charge in [-0.2, -0.15) is 0 Å². The summed E-state index contributed by atoms with van der Waals surface area (Å²) in [6, 6.07) is 9.57. The predicted octanol–water partition coefficient (Wildman–Crippen LogP) is 3.42. The van der Waals surface area contributed by atoms with Crippen molar-refractivity contribution in [2.75, 3.05) is 21.3 Å². The SMILES string of the molecule is COc1cc(C(=O)N(C)Cc2cccc(F)c2)cc(OC)c1C. The maximum atomic E-state index is 13.2. The fourth-order valence-corrected chi connectivity index (χ4v) is 2.41. The minimum absolute atomic E-state index is 0.189. The Hall–Kier alpha value is -2.56. The van der Waals surface area contributed by atoms with Crippen LogP contribution < -0.4 is 9.47 Å². The molecule has 2 aromatic rings. The average Bonchev–Trinajstić information content (AvgIpc) is 2.54. The van der Waals surface area contributed by atoms with Gasteiger partial charge in [-0.15, -0.1) is 0 Å². The first kappa shape index (κ1) is 16.8. The second-order valence-corrected chi connectivity index (χ2v) is 5.30. The molecule has 2 rings (SSSR count). The summed E-state index contributed by atoms with van der Waals surface area (Å²) in [7, 11) is 4.77. The molecule has 0 atom stereocenters. The lowest BCUT2D eigenvalue weighted by molar-refractivity contribution is 0.0784. The molecule has 0 radical (unpaired) electrons.